The zero-order valence-electron chi connectivity index (χ0n) is 10.6. The Labute approximate surface area is 105 Å². The molecule has 1 amide bonds. The quantitative estimate of drug-likeness (QED) is 0.795. The summed E-state index contributed by atoms with van der Waals surface area (Å²) in [7, 11) is 0. The molecule has 1 aromatic rings. The van der Waals surface area contributed by atoms with Gasteiger partial charge in [0.25, 0.3) is 0 Å². The Kier molecular flexibility index (Phi) is 3.69. The fourth-order valence-electron chi connectivity index (χ4n) is 2.12. The summed E-state index contributed by atoms with van der Waals surface area (Å²) in [5.74, 6) is 1.19. The predicted octanol–water partition coefficient (Wildman–Crippen LogP) is 1.34. The number of likely N-dealkylation sites (tertiary alicyclic amines) is 1. The third-order valence-corrected chi connectivity index (χ3v) is 3.06. The molecule has 0 saturated carbocycles. The first-order valence-electron chi connectivity index (χ1n) is 6.08. The molecule has 2 heterocycles. The minimum atomic E-state index is -0.397. The number of carbonyl (C=O) groups excluding carboxylic acids is 1. The fourth-order valence-corrected chi connectivity index (χ4v) is 2.12. The molecular formula is C13H17NO4. The van der Waals surface area contributed by atoms with Gasteiger partial charge < -0.3 is 14.1 Å². The van der Waals surface area contributed by atoms with E-state index in [2.05, 4.69) is 0 Å². The zero-order valence-corrected chi connectivity index (χ0v) is 10.6. The number of carbonyl (C=O) groups is 1. The van der Waals surface area contributed by atoms with Crippen LogP contribution in [0, 0.1) is 6.92 Å². The molecule has 1 aromatic heterocycles. The van der Waals surface area contributed by atoms with Crippen LogP contribution in [0.5, 0.6) is 5.75 Å². The molecule has 0 aliphatic carbocycles. The van der Waals surface area contributed by atoms with Crippen LogP contribution in [-0.4, -0.2) is 30.0 Å². The number of amides is 1. The Bertz CT molecular complexity index is 486. The van der Waals surface area contributed by atoms with Gasteiger partial charge in [0.1, 0.15) is 17.6 Å². The molecule has 5 nitrogen and oxygen atoms in total. The number of aryl methyl sites for hydroxylation is 1. The summed E-state index contributed by atoms with van der Waals surface area (Å²) in [5, 5.41) is 0. The third kappa shape index (κ3) is 3.12. The van der Waals surface area contributed by atoms with Crippen molar-refractivity contribution in [3.63, 3.8) is 0 Å². The molecule has 1 fully saturated rings. The molecule has 0 bridgehead atoms. The van der Waals surface area contributed by atoms with Crippen molar-refractivity contribution in [2.75, 3.05) is 13.1 Å². The van der Waals surface area contributed by atoms with Crippen molar-refractivity contribution in [3.8, 4) is 5.75 Å². The average molecular weight is 251 g/mol. The van der Waals surface area contributed by atoms with Crippen molar-refractivity contribution in [2.45, 2.75) is 32.8 Å². The maximum absolute atomic E-state index is 11.2. The summed E-state index contributed by atoms with van der Waals surface area (Å²) >= 11 is 0. The van der Waals surface area contributed by atoms with Gasteiger partial charge in [-0.05, 0) is 6.92 Å². The van der Waals surface area contributed by atoms with Gasteiger partial charge in [-0.1, -0.05) is 0 Å². The SMILES string of the molecule is CC(=O)N1CCC(Oc2cc(C)oc(=O)c2)CC1. The highest BCUT2D eigenvalue weighted by molar-refractivity contribution is 5.73. The molecule has 0 atom stereocenters. The summed E-state index contributed by atoms with van der Waals surface area (Å²) in [6.45, 7) is 4.71. The summed E-state index contributed by atoms with van der Waals surface area (Å²) in [5.41, 5.74) is -0.397. The summed E-state index contributed by atoms with van der Waals surface area (Å²) in [6.07, 6.45) is 1.64. The number of ether oxygens (including phenoxy) is 1. The second kappa shape index (κ2) is 5.25. The zero-order chi connectivity index (χ0) is 13.1. The van der Waals surface area contributed by atoms with Gasteiger partial charge >= 0.3 is 5.63 Å². The van der Waals surface area contributed by atoms with Crippen LogP contribution >= 0.6 is 0 Å². The van der Waals surface area contributed by atoms with E-state index in [1.165, 1.54) is 6.07 Å². The van der Waals surface area contributed by atoms with Crippen molar-refractivity contribution in [2.24, 2.45) is 0 Å². The molecule has 0 unspecified atom stereocenters. The van der Waals surface area contributed by atoms with Crippen LogP contribution in [-0.2, 0) is 4.79 Å². The summed E-state index contributed by atoms with van der Waals surface area (Å²) < 4.78 is 10.6. The molecule has 0 spiro atoms. The number of hydrogen-bond acceptors (Lipinski definition) is 4. The van der Waals surface area contributed by atoms with E-state index in [9.17, 15) is 9.59 Å². The highest BCUT2D eigenvalue weighted by Gasteiger charge is 2.22. The lowest BCUT2D eigenvalue weighted by Crippen LogP contribution is -2.40. The van der Waals surface area contributed by atoms with Crippen LogP contribution in [0.25, 0.3) is 0 Å². The van der Waals surface area contributed by atoms with Crippen LogP contribution in [0.3, 0.4) is 0 Å². The minimum Gasteiger partial charge on any atom is -0.490 e. The fraction of sp³-hybridized carbons (Fsp3) is 0.538. The van der Waals surface area contributed by atoms with E-state index in [0.29, 0.717) is 24.6 Å². The van der Waals surface area contributed by atoms with Gasteiger partial charge in [0.2, 0.25) is 5.91 Å². The van der Waals surface area contributed by atoms with E-state index in [1.54, 1.807) is 19.9 Å². The van der Waals surface area contributed by atoms with E-state index in [4.69, 9.17) is 9.15 Å². The van der Waals surface area contributed by atoms with E-state index in [-0.39, 0.29) is 12.0 Å². The smallest absolute Gasteiger partial charge is 0.339 e. The highest BCUT2D eigenvalue weighted by atomic mass is 16.5. The van der Waals surface area contributed by atoms with E-state index < -0.39 is 5.63 Å². The Morgan fingerprint density at radius 2 is 2.06 bits per heavy atom. The lowest BCUT2D eigenvalue weighted by atomic mass is 10.1. The lowest BCUT2D eigenvalue weighted by Gasteiger charge is -2.31. The normalized spacial score (nSPS) is 16.7. The van der Waals surface area contributed by atoms with Gasteiger partial charge in [0.05, 0.1) is 6.07 Å². The van der Waals surface area contributed by atoms with Crippen molar-refractivity contribution in [1.82, 2.24) is 4.90 Å². The molecule has 0 radical (unpaired) electrons. The Morgan fingerprint density at radius 3 is 2.61 bits per heavy atom. The van der Waals surface area contributed by atoms with E-state index in [0.717, 1.165) is 12.8 Å². The second-order valence-electron chi connectivity index (χ2n) is 4.55. The van der Waals surface area contributed by atoms with E-state index in [1.807, 2.05) is 4.90 Å². The Hall–Kier alpha value is -1.78. The molecule has 2 rings (SSSR count). The van der Waals surface area contributed by atoms with Crippen LogP contribution in [0.1, 0.15) is 25.5 Å². The first-order valence-corrected chi connectivity index (χ1v) is 6.08. The molecule has 98 valence electrons. The predicted molar refractivity (Wildman–Crippen MR) is 65.6 cm³/mol. The molecule has 18 heavy (non-hydrogen) atoms. The van der Waals surface area contributed by atoms with Crippen molar-refractivity contribution >= 4 is 5.91 Å². The summed E-state index contributed by atoms with van der Waals surface area (Å²) in [6, 6.07) is 3.06. The number of hydrogen-bond donors (Lipinski definition) is 0. The van der Waals surface area contributed by atoms with Crippen LogP contribution in [0.2, 0.25) is 0 Å². The Morgan fingerprint density at radius 1 is 1.39 bits per heavy atom. The maximum atomic E-state index is 11.2. The molecule has 1 saturated heterocycles. The van der Waals surface area contributed by atoms with E-state index >= 15 is 0 Å². The van der Waals surface area contributed by atoms with Crippen molar-refractivity contribution < 1.29 is 13.9 Å². The first-order chi connectivity index (χ1) is 8.54. The third-order valence-electron chi connectivity index (χ3n) is 3.06. The monoisotopic (exact) mass is 251 g/mol. The average Bonchev–Trinajstić information content (AvgIpc) is 2.28. The van der Waals surface area contributed by atoms with Gasteiger partial charge in [-0.2, -0.15) is 0 Å². The standard InChI is InChI=1S/C13H17NO4/c1-9-7-12(8-13(16)17-9)18-11-3-5-14(6-4-11)10(2)15/h7-8,11H,3-6H2,1-2H3. The molecule has 1 aliphatic heterocycles. The number of nitrogens with zero attached hydrogens (tertiary/aromatic N) is 1. The lowest BCUT2D eigenvalue weighted by molar-refractivity contribution is -0.130. The number of rotatable bonds is 2. The topological polar surface area (TPSA) is 59.8 Å². The first kappa shape index (κ1) is 12.7. The van der Waals surface area contributed by atoms with Gasteiger partial charge in [-0.25, -0.2) is 4.79 Å². The molecule has 5 heteroatoms. The summed E-state index contributed by atoms with van der Waals surface area (Å²) in [4.78, 5) is 24.2. The van der Waals surface area contributed by atoms with Gasteiger partial charge in [0, 0.05) is 38.9 Å². The number of piperidine rings is 1. The van der Waals surface area contributed by atoms with Gasteiger partial charge in [-0.15, -0.1) is 0 Å². The van der Waals surface area contributed by atoms with Gasteiger partial charge in [0.15, 0.2) is 0 Å². The van der Waals surface area contributed by atoms with Crippen LogP contribution < -0.4 is 10.4 Å². The molecule has 1 aliphatic rings. The van der Waals surface area contributed by atoms with Crippen LogP contribution in [0.4, 0.5) is 0 Å². The van der Waals surface area contributed by atoms with Gasteiger partial charge in [-0.3, -0.25) is 4.79 Å². The Balaban J connectivity index is 1.95. The molecule has 0 N–H and O–H groups in total. The maximum Gasteiger partial charge on any atom is 0.339 e. The van der Waals surface area contributed by atoms with Crippen LogP contribution in [0.15, 0.2) is 21.3 Å². The second-order valence-corrected chi connectivity index (χ2v) is 4.55. The molecular weight excluding hydrogens is 234 g/mol. The molecule has 0 aromatic carbocycles. The largest absolute Gasteiger partial charge is 0.490 e. The highest BCUT2D eigenvalue weighted by Crippen LogP contribution is 2.18. The van der Waals surface area contributed by atoms with Crippen molar-refractivity contribution in [3.05, 3.63) is 28.3 Å². The van der Waals surface area contributed by atoms with Crippen molar-refractivity contribution in [1.29, 1.82) is 0 Å². The minimum absolute atomic E-state index is 0.0572.